The van der Waals surface area contributed by atoms with Crippen LogP contribution in [-0.2, 0) is 17.1 Å². The Balaban J connectivity index is 3.61. The Labute approximate surface area is 96.4 Å². The third kappa shape index (κ3) is 2.71. The van der Waals surface area contributed by atoms with E-state index in [2.05, 4.69) is 9.72 Å². The lowest BCUT2D eigenvalue weighted by Crippen LogP contribution is -2.22. The molecule has 18 heavy (non-hydrogen) atoms. The van der Waals surface area contributed by atoms with Crippen LogP contribution in [0.2, 0.25) is 0 Å². The first-order valence-electron chi connectivity index (χ1n) is 4.29. The molecular weight excluding hydrogens is 268 g/mol. The predicted molar refractivity (Wildman–Crippen MR) is 45.6 cm³/mol. The van der Waals surface area contributed by atoms with Crippen LogP contribution < -0.4 is 0 Å². The van der Waals surface area contributed by atoms with Crippen LogP contribution >= 0.6 is 0 Å². The van der Waals surface area contributed by atoms with Crippen molar-refractivity contribution in [3.63, 3.8) is 0 Å². The second-order valence-electron chi connectivity index (χ2n) is 3.10. The number of hydrogen-bond donors (Lipinski definition) is 0. The van der Waals surface area contributed by atoms with Crippen molar-refractivity contribution in [1.82, 2.24) is 4.98 Å². The lowest BCUT2D eigenvalue weighted by atomic mass is 10.0. The maximum atomic E-state index is 12.6. The fourth-order valence-electron chi connectivity index (χ4n) is 1.25. The van der Waals surface area contributed by atoms with Crippen molar-refractivity contribution >= 4 is 5.97 Å². The number of hydrogen-bond acceptors (Lipinski definition) is 3. The number of carbonyl (C=O) groups excluding carboxylic acids is 1. The van der Waals surface area contributed by atoms with E-state index in [-0.39, 0.29) is 6.20 Å². The van der Waals surface area contributed by atoms with Crippen molar-refractivity contribution in [1.29, 1.82) is 0 Å². The minimum Gasteiger partial charge on any atom is -0.465 e. The van der Waals surface area contributed by atoms with E-state index in [1.807, 2.05) is 0 Å². The Kier molecular flexibility index (Phi) is 3.54. The monoisotopic (exact) mass is 273 g/mol. The van der Waals surface area contributed by atoms with E-state index < -0.39 is 35.0 Å². The number of halogens is 6. The molecule has 100 valence electrons. The van der Waals surface area contributed by atoms with E-state index in [0.717, 1.165) is 7.11 Å². The van der Waals surface area contributed by atoms with E-state index in [1.54, 1.807) is 0 Å². The molecule has 1 aromatic rings. The minimum atomic E-state index is -5.35. The standard InChI is InChI=1S/C9H5F6NO2/c1-18-7(17)4-2-16-3-5(8(10,11)12)6(4)9(13,14)15/h2-3H,1H3. The average Bonchev–Trinajstić information content (AvgIpc) is 2.24. The van der Waals surface area contributed by atoms with Gasteiger partial charge in [-0.1, -0.05) is 0 Å². The number of carbonyl (C=O) groups is 1. The van der Waals surface area contributed by atoms with Crippen molar-refractivity contribution < 1.29 is 35.9 Å². The van der Waals surface area contributed by atoms with Crippen LogP contribution in [0.5, 0.6) is 0 Å². The summed E-state index contributed by atoms with van der Waals surface area (Å²) < 4.78 is 79.1. The molecule has 0 amide bonds. The van der Waals surface area contributed by atoms with Gasteiger partial charge in [-0.3, -0.25) is 4.98 Å². The maximum Gasteiger partial charge on any atom is 0.418 e. The predicted octanol–water partition coefficient (Wildman–Crippen LogP) is 2.91. The fourth-order valence-corrected chi connectivity index (χ4v) is 1.25. The van der Waals surface area contributed by atoms with Crippen LogP contribution in [0.15, 0.2) is 12.4 Å². The van der Waals surface area contributed by atoms with Crippen molar-refractivity contribution in [3.8, 4) is 0 Å². The smallest absolute Gasteiger partial charge is 0.418 e. The van der Waals surface area contributed by atoms with Gasteiger partial charge in [-0.15, -0.1) is 0 Å². The number of ether oxygens (including phenoxy) is 1. The summed E-state index contributed by atoms with van der Waals surface area (Å²) in [6.07, 6.45) is -10.2. The first kappa shape index (κ1) is 14.3. The van der Waals surface area contributed by atoms with Gasteiger partial charge in [0, 0.05) is 12.4 Å². The minimum absolute atomic E-state index is 0.00919. The highest BCUT2D eigenvalue weighted by atomic mass is 19.4. The van der Waals surface area contributed by atoms with Crippen molar-refractivity contribution in [2.45, 2.75) is 12.4 Å². The molecule has 0 fully saturated rings. The van der Waals surface area contributed by atoms with Gasteiger partial charge in [0.05, 0.1) is 23.8 Å². The molecule has 0 aliphatic rings. The zero-order chi connectivity index (χ0) is 14.1. The van der Waals surface area contributed by atoms with Crippen LogP contribution in [0.4, 0.5) is 26.3 Å². The number of esters is 1. The van der Waals surface area contributed by atoms with E-state index in [9.17, 15) is 31.1 Å². The number of aromatic nitrogens is 1. The molecule has 0 saturated carbocycles. The molecule has 0 aliphatic carbocycles. The molecule has 3 nitrogen and oxygen atoms in total. The van der Waals surface area contributed by atoms with Crippen LogP contribution in [-0.4, -0.2) is 18.1 Å². The zero-order valence-corrected chi connectivity index (χ0v) is 8.69. The number of alkyl halides is 6. The summed E-state index contributed by atoms with van der Waals surface area (Å²) in [4.78, 5) is 14.0. The highest BCUT2D eigenvalue weighted by molar-refractivity contribution is 5.91. The molecule has 9 heteroatoms. The summed E-state index contributed by atoms with van der Waals surface area (Å²) >= 11 is 0. The highest BCUT2D eigenvalue weighted by Crippen LogP contribution is 2.41. The Hall–Kier alpha value is -1.80. The van der Waals surface area contributed by atoms with Gasteiger partial charge in [0.1, 0.15) is 0 Å². The summed E-state index contributed by atoms with van der Waals surface area (Å²) in [6.45, 7) is 0. The summed E-state index contributed by atoms with van der Waals surface area (Å²) in [6, 6.07) is 0. The quantitative estimate of drug-likeness (QED) is 0.583. The lowest BCUT2D eigenvalue weighted by Gasteiger charge is -2.17. The second kappa shape index (κ2) is 4.46. The van der Waals surface area contributed by atoms with E-state index in [0.29, 0.717) is 6.20 Å². The van der Waals surface area contributed by atoms with Gasteiger partial charge >= 0.3 is 18.3 Å². The van der Waals surface area contributed by atoms with Gasteiger partial charge < -0.3 is 4.74 Å². The molecule has 0 aromatic carbocycles. The van der Waals surface area contributed by atoms with Crippen molar-refractivity contribution in [2.75, 3.05) is 7.11 Å². The normalized spacial score (nSPS) is 12.4. The average molecular weight is 273 g/mol. The van der Waals surface area contributed by atoms with Gasteiger partial charge in [0.15, 0.2) is 0 Å². The Morgan fingerprint density at radius 1 is 1.11 bits per heavy atom. The fraction of sp³-hybridized carbons (Fsp3) is 0.333. The molecule has 0 radical (unpaired) electrons. The van der Waals surface area contributed by atoms with E-state index in [4.69, 9.17) is 0 Å². The summed E-state index contributed by atoms with van der Waals surface area (Å²) in [5.41, 5.74) is -5.41. The third-order valence-electron chi connectivity index (χ3n) is 1.94. The SMILES string of the molecule is COC(=O)c1cncc(C(F)(F)F)c1C(F)(F)F. The summed E-state index contributed by atoms with van der Waals surface area (Å²) in [5.74, 6) is -1.54. The number of rotatable bonds is 1. The first-order chi connectivity index (χ1) is 8.09. The molecule has 0 N–H and O–H groups in total. The number of nitrogens with zero attached hydrogens (tertiary/aromatic N) is 1. The number of pyridine rings is 1. The van der Waals surface area contributed by atoms with E-state index >= 15 is 0 Å². The maximum absolute atomic E-state index is 12.6. The zero-order valence-electron chi connectivity index (χ0n) is 8.69. The van der Waals surface area contributed by atoms with Gasteiger partial charge in [-0.05, 0) is 0 Å². The highest BCUT2D eigenvalue weighted by Gasteiger charge is 2.46. The Morgan fingerprint density at radius 2 is 1.67 bits per heavy atom. The summed E-state index contributed by atoms with van der Waals surface area (Å²) in [7, 11) is 0.753. The van der Waals surface area contributed by atoms with E-state index in [1.165, 1.54) is 0 Å². The van der Waals surface area contributed by atoms with Crippen LogP contribution in [0.3, 0.4) is 0 Å². The van der Waals surface area contributed by atoms with Gasteiger partial charge in [0.25, 0.3) is 0 Å². The molecular formula is C9H5F6NO2. The molecule has 0 spiro atoms. The molecule has 0 atom stereocenters. The topological polar surface area (TPSA) is 39.2 Å². The third-order valence-corrected chi connectivity index (χ3v) is 1.94. The van der Waals surface area contributed by atoms with Crippen molar-refractivity contribution in [2.24, 2.45) is 0 Å². The Bertz CT molecular complexity index is 465. The molecule has 0 unspecified atom stereocenters. The molecule has 0 aliphatic heterocycles. The van der Waals surface area contributed by atoms with Gasteiger partial charge in [-0.2, -0.15) is 26.3 Å². The van der Waals surface area contributed by atoms with Gasteiger partial charge in [-0.25, -0.2) is 4.79 Å². The molecule has 0 bridgehead atoms. The second-order valence-corrected chi connectivity index (χ2v) is 3.10. The largest absolute Gasteiger partial charge is 0.465 e. The van der Waals surface area contributed by atoms with Crippen LogP contribution in [0.25, 0.3) is 0 Å². The van der Waals surface area contributed by atoms with Crippen LogP contribution in [0, 0.1) is 0 Å². The first-order valence-corrected chi connectivity index (χ1v) is 4.29. The lowest BCUT2D eigenvalue weighted by molar-refractivity contribution is -0.162. The van der Waals surface area contributed by atoms with Crippen molar-refractivity contribution in [3.05, 3.63) is 29.1 Å². The van der Waals surface area contributed by atoms with Gasteiger partial charge in [0.2, 0.25) is 0 Å². The number of methoxy groups -OCH3 is 1. The van der Waals surface area contributed by atoms with Crippen LogP contribution in [0.1, 0.15) is 21.5 Å². The Morgan fingerprint density at radius 3 is 2.06 bits per heavy atom. The summed E-state index contributed by atoms with van der Waals surface area (Å²) in [5, 5.41) is 0. The molecule has 1 rings (SSSR count). The molecule has 1 aromatic heterocycles. The molecule has 1 heterocycles. The molecule has 0 saturated heterocycles.